The predicted molar refractivity (Wildman–Crippen MR) is 81.4 cm³/mol. The quantitative estimate of drug-likeness (QED) is 0.895. The van der Waals surface area contributed by atoms with Crippen molar-refractivity contribution in [3.8, 4) is 0 Å². The zero-order valence-corrected chi connectivity index (χ0v) is 13.1. The van der Waals surface area contributed by atoms with E-state index in [0.29, 0.717) is 13.1 Å². The van der Waals surface area contributed by atoms with Gasteiger partial charge in [-0.3, -0.25) is 10.1 Å². The molecule has 6 nitrogen and oxygen atoms in total. The second-order valence-corrected chi connectivity index (χ2v) is 6.24. The number of alkyl halides is 2. The Kier molecular flexibility index (Phi) is 4.43. The second-order valence-electron chi connectivity index (χ2n) is 6.24. The van der Waals surface area contributed by atoms with Crippen LogP contribution in [0.1, 0.15) is 19.3 Å². The summed E-state index contributed by atoms with van der Waals surface area (Å²) in [4.78, 5) is 16.1. The number of nitrogens with one attached hydrogen (secondary N) is 1. The standard InChI is InChI=1S/C15H21F2N5O/c1-21(13-3-2-6-19-20-13)11-4-7-22(8-5-11)14(23)12-9-15(16,17)10-18-12/h2-3,6,11-12,18H,4-5,7-10H2,1H3. The fraction of sp³-hybridized carbons (Fsp3) is 0.667. The molecular formula is C15H21F2N5O. The molecule has 0 radical (unpaired) electrons. The van der Waals surface area contributed by atoms with Gasteiger partial charge < -0.3 is 9.80 Å². The van der Waals surface area contributed by atoms with Crippen molar-refractivity contribution in [1.82, 2.24) is 20.4 Å². The smallest absolute Gasteiger partial charge is 0.262 e. The first-order valence-corrected chi connectivity index (χ1v) is 7.87. The first-order valence-electron chi connectivity index (χ1n) is 7.87. The molecule has 0 saturated carbocycles. The van der Waals surface area contributed by atoms with Gasteiger partial charge >= 0.3 is 0 Å². The molecule has 0 spiro atoms. The molecular weight excluding hydrogens is 304 g/mol. The van der Waals surface area contributed by atoms with E-state index in [1.165, 1.54) is 0 Å². The van der Waals surface area contributed by atoms with Crippen LogP contribution in [0.2, 0.25) is 0 Å². The molecule has 1 aromatic rings. The Hall–Kier alpha value is -1.83. The molecule has 2 saturated heterocycles. The molecule has 1 N–H and O–H groups in total. The first-order chi connectivity index (χ1) is 11.0. The molecule has 126 valence electrons. The van der Waals surface area contributed by atoms with Crippen molar-refractivity contribution in [1.29, 1.82) is 0 Å². The number of carbonyl (C=O) groups is 1. The van der Waals surface area contributed by atoms with Crippen molar-refractivity contribution in [2.45, 2.75) is 37.3 Å². The van der Waals surface area contributed by atoms with E-state index in [1.54, 1.807) is 11.1 Å². The summed E-state index contributed by atoms with van der Waals surface area (Å²) in [5, 5.41) is 10.6. The number of halogens is 2. The maximum Gasteiger partial charge on any atom is 0.262 e. The Morgan fingerprint density at radius 1 is 1.43 bits per heavy atom. The number of likely N-dealkylation sites (tertiary alicyclic amines) is 1. The molecule has 8 heteroatoms. The molecule has 1 aromatic heterocycles. The molecule has 0 bridgehead atoms. The Morgan fingerprint density at radius 3 is 2.74 bits per heavy atom. The summed E-state index contributed by atoms with van der Waals surface area (Å²) in [5.41, 5.74) is 0. The molecule has 3 rings (SSSR count). The number of aromatic nitrogens is 2. The maximum absolute atomic E-state index is 13.2. The van der Waals surface area contributed by atoms with Crippen molar-refractivity contribution in [3.63, 3.8) is 0 Å². The third-order valence-electron chi connectivity index (χ3n) is 4.65. The third-order valence-corrected chi connectivity index (χ3v) is 4.65. The number of rotatable bonds is 3. The lowest BCUT2D eigenvalue weighted by Gasteiger charge is -2.37. The first kappa shape index (κ1) is 16.0. The number of hydrogen-bond acceptors (Lipinski definition) is 5. The number of piperidine rings is 1. The minimum absolute atomic E-state index is 0.206. The monoisotopic (exact) mass is 325 g/mol. The summed E-state index contributed by atoms with van der Waals surface area (Å²) < 4.78 is 26.4. The van der Waals surface area contributed by atoms with E-state index < -0.39 is 24.9 Å². The minimum Gasteiger partial charge on any atom is -0.355 e. The summed E-state index contributed by atoms with van der Waals surface area (Å²) in [6.45, 7) is 0.755. The normalized spacial score (nSPS) is 24.7. The van der Waals surface area contributed by atoms with Crippen molar-refractivity contribution in [2.75, 3.05) is 31.6 Å². The maximum atomic E-state index is 13.2. The van der Waals surface area contributed by atoms with Gasteiger partial charge in [0.25, 0.3) is 5.92 Å². The lowest BCUT2D eigenvalue weighted by atomic mass is 10.0. The van der Waals surface area contributed by atoms with E-state index >= 15 is 0 Å². The van der Waals surface area contributed by atoms with Crippen LogP contribution in [-0.2, 0) is 4.79 Å². The molecule has 1 amide bonds. The SMILES string of the molecule is CN(c1cccnn1)C1CCN(C(=O)C2CC(F)(F)CN2)CC1. The van der Waals surface area contributed by atoms with Crippen molar-refractivity contribution >= 4 is 11.7 Å². The third kappa shape index (κ3) is 3.57. The topological polar surface area (TPSA) is 61.4 Å². The van der Waals surface area contributed by atoms with E-state index in [4.69, 9.17) is 0 Å². The number of anilines is 1. The number of carbonyl (C=O) groups excluding carboxylic acids is 1. The molecule has 2 aliphatic heterocycles. The molecule has 0 aromatic carbocycles. The van der Waals surface area contributed by atoms with Crippen LogP contribution in [0, 0.1) is 0 Å². The minimum atomic E-state index is -2.77. The summed E-state index contributed by atoms with van der Waals surface area (Å²) in [7, 11) is 1.96. The van der Waals surface area contributed by atoms with E-state index in [2.05, 4.69) is 20.4 Å². The van der Waals surface area contributed by atoms with Crippen molar-refractivity contribution < 1.29 is 13.6 Å². The predicted octanol–water partition coefficient (Wildman–Crippen LogP) is 0.901. The van der Waals surface area contributed by atoms with Crippen molar-refractivity contribution in [2.24, 2.45) is 0 Å². The fourth-order valence-corrected chi connectivity index (χ4v) is 3.25. The zero-order valence-electron chi connectivity index (χ0n) is 13.1. The molecule has 2 aliphatic rings. The van der Waals surface area contributed by atoms with Gasteiger partial charge in [0.15, 0.2) is 5.82 Å². The highest BCUT2D eigenvalue weighted by Crippen LogP contribution is 2.27. The van der Waals surface area contributed by atoms with Crippen LogP contribution >= 0.6 is 0 Å². The van der Waals surface area contributed by atoms with Gasteiger partial charge in [-0.2, -0.15) is 5.10 Å². The summed E-state index contributed by atoms with van der Waals surface area (Å²) in [5.74, 6) is -2.18. The molecule has 1 unspecified atom stereocenters. The Labute approximate surface area is 133 Å². The summed E-state index contributed by atoms with van der Waals surface area (Å²) >= 11 is 0. The lowest BCUT2D eigenvalue weighted by molar-refractivity contribution is -0.134. The van der Waals surface area contributed by atoms with Crippen LogP contribution in [0.5, 0.6) is 0 Å². The Balaban J connectivity index is 1.53. The van der Waals surface area contributed by atoms with E-state index in [9.17, 15) is 13.6 Å². The summed E-state index contributed by atoms with van der Waals surface area (Å²) in [6.07, 6.45) is 2.82. The average molecular weight is 325 g/mol. The fourth-order valence-electron chi connectivity index (χ4n) is 3.25. The van der Waals surface area contributed by atoms with Gasteiger partial charge in [-0.15, -0.1) is 5.10 Å². The van der Waals surface area contributed by atoms with Gasteiger partial charge in [0.1, 0.15) is 0 Å². The molecule has 3 heterocycles. The molecule has 1 atom stereocenters. The van der Waals surface area contributed by atoms with Crippen LogP contribution in [0.15, 0.2) is 18.3 Å². The lowest BCUT2D eigenvalue weighted by Crippen LogP contribution is -2.50. The number of amides is 1. The largest absolute Gasteiger partial charge is 0.355 e. The van der Waals surface area contributed by atoms with Gasteiger partial charge in [0.2, 0.25) is 5.91 Å². The van der Waals surface area contributed by atoms with E-state index in [-0.39, 0.29) is 11.9 Å². The second kappa shape index (κ2) is 6.35. The Morgan fingerprint density at radius 2 is 2.17 bits per heavy atom. The Bertz CT molecular complexity index is 548. The van der Waals surface area contributed by atoms with E-state index in [0.717, 1.165) is 18.7 Å². The average Bonchev–Trinajstić information content (AvgIpc) is 2.94. The highest BCUT2D eigenvalue weighted by atomic mass is 19.3. The zero-order chi connectivity index (χ0) is 16.4. The van der Waals surface area contributed by atoms with Gasteiger partial charge in [0, 0.05) is 38.8 Å². The van der Waals surface area contributed by atoms with Crippen LogP contribution in [0.3, 0.4) is 0 Å². The van der Waals surface area contributed by atoms with Gasteiger partial charge in [-0.1, -0.05) is 0 Å². The highest BCUT2D eigenvalue weighted by Gasteiger charge is 2.44. The number of nitrogens with zero attached hydrogens (tertiary/aromatic N) is 4. The highest BCUT2D eigenvalue weighted by molar-refractivity contribution is 5.82. The van der Waals surface area contributed by atoms with Crippen LogP contribution in [-0.4, -0.2) is 65.7 Å². The van der Waals surface area contributed by atoms with Crippen LogP contribution < -0.4 is 10.2 Å². The van der Waals surface area contributed by atoms with Gasteiger partial charge in [-0.05, 0) is 25.0 Å². The van der Waals surface area contributed by atoms with Gasteiger partial charge in [-0.25, -0.2) is 8.78 Å². The van der Waals surface area contributed by atoms with Crippen LogP contribution in [0.25, 0.3) is 0 Å². The number of hydrogen-bond donors (Lipinski definition) is 1. The van der Waals surface area contributed by atoms with Crippen LogP contribution in [0.4, 0.5) is 14.6 Å². The van der Waals surface area contributed by atoms with E-state index in [1.807, 2.05) is 19.2 Å². The molecule has 2 fully saturated rings. The van der Waals surface area contributed by atoms with Gasteiger partial charge in [0.05, 0.1) is 12.6 Å². The molecule has 23 heavy (non-hydrogen) atoms. The summed E-state index contributed by atoms with van der Waals surface area (Å²) in [6, 6.07) is 3.26. The molecule has 0 aliphatic carbocycles. The van der Waals surface area contributed by atoms with Crippen molar-refractivity contribution in [3.05, 3.63) is 18.3 Å².